The van der Waals surface area contributed by atoms with E-state index in [9.17, 15) is 45.3 Å². The van der Waals surface area contributed by atoms with Crippen LogP contribution in [0.15, 0.2) is 18.2 Å². The van der Waals surface area contributed by atoms with E-state index in [1.165, 1.54) is 6.07 Å². The van der Waals surface area contributed by atoms with Crippen LogP contribution < -0.4 is 74.1 Å². The molecule has 1 spiro atoms. The number of carbonyl (C=O) groups is 2. The molecule has 2 saturated heterocycles. The quantitative estimate of drug-likeness (QED) is 0.240. The molecule has 0 unspecified atom stereocenters. The fourth-order valence-electron chi connectivity index (χ4n) is 5.10. The van der Waals surface area contributed by atoms with Gasteiger partial charge in [0.1, 0.15) is 48.0 Å². The van der Waals surface area contributed by atoms with E-state index in [1.54, 1.807) is 0 Å². The van der Waals surface area contributed by atoms with E-state index in [0.717, 1.165) is 12.1 Å². The molecule has 3 heterocycles. The number of aliphatic hydroxyl groups is 5. The SMILES string of the molecule is O=C([O-])[C@@H]1C[C@]23C[C@](O)(O1)C(=O)C=C2c1ccc([O-])c([C@@H]2O[C@H](CO)[C@@H](O)[C@H](O)[C@H]2O)c1O3.[Na+].[Na+]. The molecule has 1 aromatic rings. The van der Waals surface area contributed by atoms with E-state index in [-0.39, 0.29) is 88.0 Å². The summed E-state index contributed by atoms with van der Waals surface area (Å²) in [7, 11) is 0. The molecule has 0 saturated carbocycles. The van der Waals surface area contributed by atoms with Gasteiger partial charge in [0.2, 0.25) is 11.6 Å². The summed E-state index contributed by atoms with van der Waals surface area (Å²) < 4.78 is 16.6. The summed E-state index contributed by atoms with van der Waals surface area (Å²) in [6, 6.07) is 2.48. The first kappa shape index (κ1) is 29.0. The van der Waals surface area contributed by atoms with E-state index in [0.29, 0.717) is 0 Å². The molecule has 0 aromatic heterocycles. The van der Waals surface area contributed by atoms with Gasteiger partial charge in [0.15, 0.2) is 0 Å². The van der Waals surface area contributed by atoms with Crippen LogP contribution in [-0.4, -0.2) is 85.8 Å². The maximum absolute atomic E-state index is 12.8. The number of hydrogen-bond donors (Lipinski definition) is 5. The number of aliphatic carboxylic acids is 1. The van der Waals surface area contributed by atoms with E-state index >= 15 is 0 Å². The van der Waals surface area contributed by atoms with Crippen LogP contribution in [0, 0.1) is 0 Å². The number of hydrogen-bond acceptors (Lipinski definition) is 12. The topological polar surface area (TPSA) is 209 Å². The number of ether oxygens (including phenoxy) is 3. The third-order valence-electron chi connectivity index (χ3n) is 6.71. The number of aliphatic hydroxyl groups excluding tert-OH is 4. The molecule has 8 atom stereocenters. The Morgan fingerprint density at radius 2 is 1.83 bits per heavy atom. The molecule has 1 aliphatic carbocycles. The average molecular weight is 510 g/mol. The Bertz CT molecular complexity index is 1080. The van der Waals surface area contributed by atoms with Gasteiger partial charge in [-0.25, -0.2) is 0 Å². The maximum Gasteiger partial charge on any atom is 1.00 e. The number of carboxylic acid groups (broad SMARTS) is 1. The zero-order chi connectivity index (χ0) is 23.9. The Labute approximate surface area is 242 Å². The second kappa shape index (κ2) is 9.95. The Morgan fingerprint density at radius 1 is 1.14 bits per heavy atom. The second-order valence-corrected chi connectivity index (χ2v) is 8.71. The van der Waals surface area contributed by atoms with Crippen molar-refractivity contribution in [1.82, 2.24) is 0 Å². The van der Waals surface area contributed by atoms with Crippen LogP contribution in [0.2, 0.25) is 0 Å². The van der Waals surface area contributed by atoms with Crippen LogP contribution in [0.4, 0.5) is 0 Å². The van der Waals surface area contributed by atoms with Crippen molar-refractivity contribution in [2.75, 3.05) is 6.61 Å². The molecule has 2 bridgehead atoms. The fourth-order valence-corrected chi connectivity index (χ4v) is 5.10. The van der Waals surface area contributed by atoms with Crippen molar-refractivity contribution < 1.29 is 119 Å². The van der Waals surface area contributed by atoms with Crippen molar-refractivity contribution in [1.29, 1.82) is 0 Å². The molecule has 1 aromatic carbocycles. The summed E-state index contributed by atoms with van der Waals surface area (Å²) in [6.45, 7) is -0.716. The van der Waals surface area contributed by atoms with Crippen LogP contribution in [0.25, 0.3) is 5.57 Å². The van der Waals surface area contributed by atoms with E-state index in [2.05, 4.69) is 0 Å². The Balaban J connectivity index is 0.00000171. The van der Waals surface area contributed by atoms with Gasteiger partial charge in [-0.15, -0.1) is 0 Å². The number of ketones is 1. The van der Waals surface area contributed by atoms with Gasteiger partial charge in [-0.2, -0.15) is 0 Å². The predicted octanol–water partition coefficient (Wildman–Crippen LogP) is -10.0. The molecule has 2 fully saturated rings. The number of carboxylic acids is 1. The van der Waals surface area contributed by atoms with Crippen molar-refractivity contribution >= 4 is 17.3 Å². The monoisotopic (exact) mass is 510 g/mol. The van der Waals surface area contributed by atoms with Crippen molar-refractivity contribution in [3.05, 3.63) is 29.3 Å². The zero-order valence-electron chi connectivity index (χ0n) is 18.9. The normalized spacial score (nSPS) is 39.2. The molecule has 5 rings (SSSR count). The van der Waals surface area contributed by atoms with E-state index < -0.39 is 78.5 Å². The average Bonchev–Trinajstić information content (AvgIpc) is 3.04. The van der Waals surface area contributed by atoms with Crippen LogP contribution in [0.1, 0.15) is 30.1 Å². The summed E-state index contributed by atoms with van der Waals surface area (Å²) >= 11 is 0. The molecule has 3 aliphatic heterocycles. The third kappa shape index (κ3) is 4.32. The van der Waals surface area contributed by atoms with Gasteiger partial charge in [-0.1, -0.05) is 17.9 Å². The van der Waals surface area contributed by atoms with E-state index in [4.69, 9.17) is 14.2 Å². The van der Waals surface area contributed by atoms with Crippen molar-refractivity contribution in [2.45, 2.75) is 60.9 Å². The molecule has 0 radical (unpaired) electrons. The summed E-state index contributed by atoms with van der Waals surface area (Å²) in [5, 5.41) is 75.3. The minimum absolute atomic E-state index is 0. The molecule has 12 nitrogen and oxygen atoms in total. The van der Waals surface area contributed by atoms with Gasteiger partial charge in [0.25, 0.3) is 0 Å². The van der Waals surface area contributed by atoms with Gasteiger partial charge in [-0.3, -0.25) is 4.79 Å². The molecule has 0 amide bonds. The molecule has 4 aliphatic rings. The van der Waals surface area contributed by atoms with Gasteiger partial charge in [-0.05, 0) is 6.08 Å². The molecule has 14 heteroatoms. The largest absolute Gasteiger partial charge is 1.00 e. The number of benzene rings is 1. The first-order chi connectivity index (χ1) is 15.5. The molecule has 35 heavy (non-hydrogen) atoms. The number of rotatable bonds is 3. The molecular formula is C21H20Na2O12. The summed E-state index contributed by atoms with van der Waals surface area (Å²) in [6.07, 6.45) is -9.41. The first-order valence-electron chi connectivity index (χ1n) is 10.2. The zero-order valence-corrected chi connectivity index (χ0v) is 22.9. The maximum atomic E-state index is 12.8. The Kier molecular flexibility index (Phi) is 8.24. The van der Waals surface area contributed by atoms with Crippen molar-refractivity contribution in [3.63, 3.8) is 0 Å². The van der Waals surface area contributed by atoms with Crippen LogP contribution in [0.3, 0.4) is 0 Å². The standard InChI is InChI=1S/C21H22O12.2Na/c22-5-11-14(25)15(26)16(27)18(31-11)13-9(23)2-1-7-8-3-12(24)21(30)6-20(8,33-17(7)13)4-10(32-21)19(28)29;;/h1-3,10-11,14-16,18,22-23,25-27,30H,4-6H2,(H,28,29);;/q;2*+1/p-2/t10-,11+,14+,15-,16+,18-,20-,21-;;/m0../s1. The minimum atomic E-state index is -2.47. The smallest absolute Gasteiger partial charge is 0.872 e. The summed E-state index contributed by atoms with van der Waals surface area (Å²) in [5.74, 6) is -5.85. The predicted molar refractivity (Wildman–Crippen MR) is 99.0 cm³/mol. The summed E-state index contributed by atoms with van der Waals surface area (Å²) in [5.41, 5.74) is -1.35. The fraction of sp³-hybridized carbons (Fsp3) is 0.524. The number of fused-ring (bicyclic) bond motifs is 3. The van der Waals surface area contributed by atoms with Crippen LogP contribution in [-0.2, 0) is 19.1 Å². The van der Waals surface area contributed by atoms with Crippen LogP contribution >= 0.6 is 0 Å². The van der Waals surface area contributed by atoms with Gasteiger partial charge < -0.3 is 54.8 Å². The van der Waals surface area contributed by atoms with Gasteiger partial charge in [0, 0.05) is 23.1 Å². The summed E-state index contributed by atoms with van der Waals surface area (Å²) in [4.78, 5) is 24.1. The number of carbonyl (C=O) groups excluding carboxylic acids is 2. The third-order valence-corrected chi connectivity index (χ3v) is 6.71. The minimum Gasteiger partial charge on any atom is -0.872 e. The Morgan fingerprint density at radius 3 is 2.46 bits per heavy atom. The molecule has 178 valence electrons. The van der Waals surface area contributed by atoms with Crippen LogP contribution in [0.5, 0.6) is 11.5 Å². The second-order valence-electron chi connectivity index (χ2n) is 8.71. The first-order valence-corrected chi connectivity index (χ1v) is 10.2. The van der Waals surface area contributed by atoms with Crippen molar-refractivity contribution in [3.8, 4) is 11.5 Å². The van der Waals surface area contributed by atoms with E-state index in [1.807, 2.05) is 0 Å². The molecular weight excluding hydrogens is 490 g/mol. The van der Waals surface area contributed by atoms with Gasteiger partial charge >= 0.3 is 59.1 Å². The molecule has 5 N–H and O–H groups in total. The Hall–Kier alpha value is -0.580. The van der Waals surface area contributed by atoms with Gasteiger partial charge in [0.05, 0.1) is 19.0 Å². The van der Waals surface area contributed by atoms with Crippen molar-refractivity contribution in [2.24, 2.45) is 0 Å².